The zero-order valence-electron chi connectivity index (χ0n) is 10.9. The quantitative estimate of drug-likeness (QED) is 0.703. The zero-order valence-corrected chi connectivity index (χ0v) is 12.5. The van der Waals surface area contributed by atoms with Crippen LogP contribution in [0.3, 0.4) is 0 Å². The molecule has 0 saturated carbocycles. The van der Waals surface area contributed by atoms with Crippen molar-refractivity contribution in [3.8, 4) is 0 Å². The number of ether oxygens (including phenoxy) is 1. The molecule has 0 aromatic carbocycles. The van der Waals surface area contributed by atoms with E-state index in [4.69, 9.17) is 10.5 Å². The van der Waals surface area contributed by atoms with Crippen LogP contribution in [-0.4, -0.2) is 44.8 Å². The number of nitrogens with zero attached hydrogens (tertiary/aromatic N) is 2. The molecular formula is C12H15BrFN3O4. The summed E-state index contributed by atoms with van der Waals surface area (Å²) in [7, 11) is 0. The Labute approximate surface area is 128 Å². The molecule has 0 bridgehead atoms. The second-order valence-corrected chi connectivity index (χ2v) is 5.27. The zero-order chi connectivity index (χ0) is 15.6. The second kappa shape index (κ2) is 6.22. The van der Waals surface area contributed by atoms with E-state index in [9.17, 15) is 19.4 Å². The first-order valence-electron chi connectivity index (χ1n) is 6.15. The van der Waals surface area contributed by atoms with Crippen LogP contribution in [0.1, 0.15) is 18.2 Å². The number of anilines is 1. The van der Waals surface area contributed by atoms with Crippen LogP contribution < -0.4 is 11.4 Å². The minimum Gasteiger partial charge on any atom is -0.393 e. The third-order valence-corrected chi connectivity index (χ3v) is 3.72. The number of halogens is 2. The van der Waals surface area contributed by atoms with Gasteiger partial charge in [0.15, 0.2) is 0 Å². The van der Waals surface area contributed by atoms with Crippen molar-refractivity contribution in [3.05, 3.63) is 27.2 Å². The molecule has 0 radical (unpaired) electrons. The van der Waals surface area contributed by atoms with Gasteiger partial charge in [-0.15, -0.1) is 0 Å². The maximum Gasteiger partial charge on any atom is 0.351 e. The Morgan fingerprint density at radius 1 is 1.71 bits per heavy atom. The lowest BCUT2D eigenvalue weighted by atomic mass is 10.00. The maximum atomic E-state index is 13.1. The molecule has 1 aromatic rings. The van der Waals surface area contributed by atoms with Gasteiger partial charge in [0.2, 0.25) is 0 Å². The fourth-order valence-corrected chi connectivity index (χ4v) is 2.46. The van der Waals surface area contributed by atoms with Crippen molar-refractivity contribution in [2.75, 3.05) is 19.0 Å². The Bertz CT molecular complexity index is 603. The van der Waals surface area contributed by atoms with Gasteiger partial charge in [-0.3, -0.25) is 4.57 Å². The van der Waals surface area contributed by atoms with Gasteiger partial charge in [-0.25, -0.2) is 9.18 Å². The van der Waals surface area contributed by atoms with Gasteiger partial charge in [-0.1, -0.05) is 15.9 Å². The van der Waals surface area contributed by atoms with E-state index in [2.05, 4.69) is 20.9 Å². The Morgan fingerprint density at radius 2 is 2.43 bits per heavy atom. The molecule has 1 saturated heterocycles. The largest absolute Gasteiger partial charge is 0.393 e. The number of hydrogen-bond acceptors (Lipinski definition) is 6. The molecule has 1 aromatic heterocycles. The molecule has 1 aliphatic rings. The summed E-state index contributed by atoms with van der Waals surface area (Å²) in [5, 5.41) is 19.1. The van der Waals surface area contributed by atoms with E-state index in [1.807, 2.05) is 0 Å². The Balaban J connectivity index is 2.40. The lowest BCUT2D eigenvalue weighted by molar-refractivity contribution is -0.137. The minimum atomic E-state index is -1.71. The predicted molar refractivity (Wildman–Crippen MR) is 77.4 cm³/mol. The van der Waals surface area contributed by atoms with Crippen LogP contribution in [0.25, 0.3) is 6.08 Å². The highest BCUT2D eigenvalue weighted by molar-refractivity contribution is 9.11. The SMILES string of the molecule is Nc1nc(=O)n([C@H]2C[C@H](O)[C@](CO)(CF)O2)cc1C=CBr. The van der Waals surface area contributed by atoms with Crippen molar-refractivity contribution in [3.63, 3.8) is 0 Å². The Kier molecular flexibility index (Phi) is 4.77. The summed E-state index contributed by atoms with van der Waals surface area (Å²) in [4.78, 5) is 17.1. The van der Waals surface area contributed by atoms with Crippen LogP contribution >= 0.6 is 15.9 Å². The fraction of sp³-hybridized carbons (Fsp3) is 0.500. The Hall–Kier alpha value is -1.29. The van der Waals surface area contributed by atoms with Crippen LogP contribution in [0.4, 0.5) is 10.2 Å². The normalized spacial score (nSPS) is 29.3. The monoisotopic (exact) mass is 363 g/mol. The first kappa shape index (κ1) is 16.1. The number of rotatable bonds is 4. The number of aliphatic hydroxyl groups is 2. The summed E-state index contributed by atoms with van der Waals surface area (Å²) >= 11 is 3.09. The van der Waals surface area contributed by atoms with Gasteiger partial charge >= 0.3 is 5.69 Å². The van der Waals surface area contributed by atoms with Crippen LogP contribution in [-0.2, 0) is 4.74 Å². The molecule has 4 N–H and O–H groups in total. The van der Waals surface area contributed by atoms with Crippen molar-refractivity contribution in [2.24, 2.45) is 0 Å². The smallest absolute Gasteiger partial charge is 0.351 e. The molecule has 2 heterocycles. The average Bonchev–Trinajstić information content (AvgIpc) is 2.79. The minimum absolute atomic E-state index is 0.0343. The summed E-state index contributed by atoms with van der Waals surface area (Å²) in [6.45, 7) is -1.75. The molecule has 1 aliphatic heterocycles. The first-order valence-corrected chi connectivity index (χ1v) is 7.07. The average molecular weight is 364 g/mol. The molecule has 0 amide bonds. The third-order valence-electron chi connectivity index (χ3n) is 3.46. The van der Waals surface area contributed by atoms with Crippen molar-refractivity contribution in [1.82, 2.24) is 9.55 Å². The molecular weight excluding hydrogens is 349 g/mol. The lowest BCUT2D eigenvalue weighted by Gasteiger charge is -2.26. The highest BCUT2D eigenvalue weighted by atomic mass is 79.9. The van der Waals surface area contributed by atoms with Gasteiger partial charge in [0.25, 0.3) is 0 Å². The van der Waals surface area contributed by atoms with E-state index >= 15 is 0 Å². The summed E-state index contributed by atoms with van der Waals surface area (Å²) in [6, 6.07) is 0. The fourth-order valence-electron chi connectivity index (χ4n) is 2.18. The predicted octanol–water partition coefficient (Wildman–Crippen LogP) is 0.172. The number of hydrogen-bond donors (Lipinski definition) is 3. The van der Waals surface area contributed by atoms with Gasteiger partial charge in [0, 0.05) is 18.2 Å². The number of nitrogen functional groups attached to an aromatic ring is 1. The number of nitrogens with two attached hydrogens (primary N) is 1. The third kappa shape index (κ3) is 2.86. The molecule has 7 nitrogen and oxygen atoms in total. The number of aromatic nitrogens is 2. The molecule has 0 unspecified atom stereocenters. The van der Waals surface area contributed by atoms with Gasteiger partial charge in [-0.05, 0) is 11.1 Å². The second-order valence-electron chi connectivity index (χ2n) is 4.74. The van der Waals surface area contributed by atoms with Crippen LogP contribution in [0.15, 0.2) is 16.0 Å². The molecule has 0 aliphatic carbocycles. The topological polar surface area (TPSA) is 111 Å². The Morgan fingerprint density at radius 3 is 2.95 bits per heavy atom. The van der Waals surface area contributed by atoms with Crippen LogP contribution in [0.2, 0.25) is 0 Å². The van der Waals surface area contributed by atoms with Crippen molar-refractivity contribution < 1.29 is 19.3 Å². The van der Waals surface area contributed by atoms with E-state index in [0.29, 0.717) is 5.56 Å². The highest BCUT2D eigenvalue weighted by Crippen LogP contribution is 2.36. The lowest BCUT2D eigenvalue weighted by Crippen LogP contribution is -2.45. The van der Waals surface area contributed by atoms with E-state index in [-0.39, 0.29) is 12.2 Å². The molecule has 0 spiro atoms. The van der Waals surface area contributed by atoms with Crippen molar-refractivity contribution >= 4 is 27.8 Å². The number of aliphatic hydroxyl groups excluding tert-OH is 2. The summed E-state index contributed by atoms with van der Waals surface area (Å²) in [5.74, 6) is 0.0457. The van der Waals surface area contributed by atoms with Crippen molar-refractivity contribution in [1.29, 1.82) is 0 Å². The van der Waals surface area contributed by atoms with Crippen LogP contribution in [0.5, 0.6) is 0 Å². The maximum absolute atomic E-state index is 13.1. The van der Waals surface area contributed by atoms with E-state index < -0.39 is 36.9 Å². The standard InChI is InChI=1S/C12H15BrFN3O4/c13-2-1-7-4-17(11(20)16-10(7)15)9-3-8(19)12(5-14,6-18)21-9/h1-2,4,8-9,18-19H,3,5-6H2,(H2,15,16,20)/t8-,9+,12+/m0/s1. The highest BCUT2D eigenvalue weighted by Gasteiger charge is 2.49. The summed E-state index contributed by atoms with van der Waals surface area (Å²) in [6.07, 6.45) is 0.805. The van der Waals surface area contributed by atoms with Crippen LogP contribution in [0, 0.1) is 0 Å². The van der Waals surface area contributed by atoms with Gasteiger partial charge < -0.3 is 20.7 Å². The van der Waals surface area contributed by atoms with E-state index in [1.54, 1.807) is 11.1 Å². The summed E-state index contributed by atoms with van der Waals surface area (Å²) in [5.41, 5.74) is 3.70. The molecule has 3 atom stereocenters. The van der Waals surface area contributed by atoms with E-state index in [1.165, 1.54) is 6.20 Å². The van der Waals surface area contributed by atoms with Crippen molar-refractivity contribution in [2.45, 2.75) is 24.4 Å². The summed E-state index contributed by atoms with van der Waals surface area (Å²) < 4.78 is 19.6. The number of alkyl halides is 1. The molecule has 9 heteroatoms. The molecule has 2 rings (SSSR count). The van der Waals surface area contributed by atoms with Gasteiger partial charge in [-0.2, -0.15) is 4.98 Å². The molecule has 21 heavy (non-hydrogen) atoms. The van der Waals surface area contributed by atoms with Gasteiger partial charge in [0.05, 0.1) is 12.7 Å². The molecule has 1 fully saturated rings. The molecule has 116 valence electrons. The van der Waals surface area contributed by atoms with Gasteiger partial charge in [0.1, 0.15) is 24.3 Å². The first-order chi connectivity index (χ1) is 9.97. The van der Waals surface area contributed by atoms with E-state index in [0.717, 1.165) is 4.57 Å².